The van der Waals surface area contributed by atoms with E-state index >= 15 is 0 Å². The number of carbonyl (C=O) groups excluding carboxylic acids is 1. The quantitative estimate of drug-likeness (QED) is 0.839. The number of aromatic nitrogens is 1. The molecule has 136 valence electrons. The Labute approximate surface area is 150 Å². The highest BCUT2D eigenvalue weighted by atomic mass is 16.5. The molecule has 3 saturated heterocycles. The highest BCUT2D eigenvalue weighted by Gasteiger charge is 2.42. The van der Waals surface area contributed by atoms with Gasteiger partial charge in [0.2, 0.25) is 5.91 Å². The number of rotatable bonds is 4. The molecule has 0 radical (unpaired) electrons. The standard InChI is InChI=1S/C20H29N3O2/c24-19(11-17-3-1-7-21-12-17)23-8-2-5-20(16-23)6-9-22(15-20)13-18-4-10-25-14-18/h1,3,7,12,18H,2,4-6,8-11,13-16H2/t18-,20+/m0/s1. The number of hydrogen-bond acceptors (Lipinski definition) is 4. The molecule has 0 bridgehead atoms. The summed E-state index contributed by atoms with van der Waals surface area (Å²) in [5.74, 6) is 0.969. The van der Waals surface area contributed by atoms with E-state index in [4.69, 9.17) is 4.74 Å². The van der Waals surface area contributed by atoms with Gasteiger partial charge in [0, 0.05) is 50.6 Å². The van der Waals surface area contributed by atoms with Gasteiger partial charge in [0.05, 0.1) is 13.0 Å². The average molecular weight is 343 g/mol. The van der Waals surface area contributed by atoms with Crippen LogP contribution in [0.1, 0.15) is 31.2 Å². The Morgan fingerprint density at radius 1 is 1.32 bits per heavy atom. The summed E-state index contributed by atoms with van der Waals surface area (Å²) in [7, 11) is 0. The van der Waals surface area contributed by atoms with Crippen LogP contribution >= 0.6 is 0 Å². The van der Waals surface area contributed by atoms with Gasteiger partial charge < -0.3 is 14.5 Å². The first-order valence-electron chi connectivity index (χ1n) is 9.69. The van der Waals surface area contributed by atoms with Crippen molar-refractivity contribution in [2.45, 2.75) is 32.1 Å². The number of likely N-dealkylation sites (tertiary alicyclic amines) is 2. The summed E-state index contributed by atoms with van der Waals surface area (Å²) in [4.78, 5) is 21.6. The van der Waals surface area contributed by atoms with E-state index in [0.717, 1.165) is 44.8 Å². The largest absolute Gasteiger partial charge is 0.381 e. The normalized spacial score (nSPS) is 30.2. The van der Waals surface area contributed by atoms with E-state index in [0.29, 0.717) is 17.8 Å². The monoisotopic (exact) mass is 343 g/mol. The van der Waals surface area contributed by atoms with Crippen molar-refractivity contribution in [3.8, 4) is 0 Å². The third-order valence-corrected chi connectivity index (χ3v) is 6.15. The molecule has 1 aromatic heterocycles. The summed E-state index contributed by atoms with van der Waals surface area (Å²) < 4.78 is 5.52. The fourth-order valence-corrected chi connectivity index (χ4v) is 4.82. The lowest BCUT2D eigenvalue weighted by Crippen LogP contribution is -2.48. The Kier molecular flexibility index (Phi) is 5.04. The van der Waals surface area contributed by atoms with Crippen LogP contribution in [-0.4, -0.2) is 66.6 Å². The molecule has 5 nitrogen and oxygen atoms in total. The molecule has 3 fully saturated rings. The van der Waals surface area contributed by atoms with Crippen molar-refractivity contribution in [3.63, 3.8) is 0 Å². The van der Waals surface area contributed by atoms with Crippen LogP contribution in [0.4, 0.5) is 0 Å². The summed E-state index contributed by atoms with van der Waals surface area (Å²) in [6, 6.07) is 3.90. The van der Waals surface area contributed by atoms with Crippen LogP contribution in [0.25, 0.3) is 0 Å². The van der Waals surface area contributed by atoms with E-state index in [2.05, 4.69) is 14.8 Å². The lowest BCUT2D eigenvalue weighted by molar-refractivity contribution is -0.133. The van der Waals surface area contributed by atoms with E-state index in [9.17, 15) is 4.79 Å². The van der Waals surface area contributed by atoms with E-state index in [1.165, 1.54) is 32.4 Å². The van der Waals surface area contributed by atoms with Gasteiger partial charge in [-0.15, -0.1) is 0 Å². The SMILES string of the molecule is O=C(Cc1cccnc1)N1CCC[C@]2(CCN(C[C@@H]3CCOC3)C2)C1. The molecule has 25 heavy (non-hydrogen) atoms. The average Bonchev–Trinajstić information content (AvgIpc) is 3.27. The predicted octanol–water partition coefficient (Wildman–Crippen LogP) is 1.98. The second-order valence-electron chi connectivity index (χ2n) is 8.17. The zero-order valence-electron chi connectivity index (χ0n) is 15.0. The predicted molar refractivity (Wildman–Crippen MR) is 96.2 cm³/mol. The molecule has 1 aromatic rings. The number of ether oxygens (including phenoxy) is 1. The number of carbonyl (C=O) groups is 1. The van der Waals surface area contributed by atoms with Gasteiger partial charge in [0.1, 0.15) is 0 Å². The zero-order chi connectivity index (χ0) is 17.1. The van der Waals surface area contributed by atoms with Crippen LogP contribution in [0.5, 0.6) is 0 Å². The third kappa shape index (κ3) is 4.04. The maximum absolute atomic E-state index is 12.7. The number of pyridine rings is 1. The molecular formula is C20H29N3O2. The zero-order valence-corrected chi connectivity index (χ0v) is 15.0. The van der Waals surface area contributed by atoms with Crippen molar-refractivity contribution < 1.29 is 9.53 Å². The van der Waals surface area contributed by atoms with Gasteiger partial charge >= 0.3 is 0 Å². The Balaban J connectivity index is 1.33. The van der Waals surface area contributed by atoms with Crippen LogP contribution in [-0.2, 0) is 16.0 Å². The summed E-state index contributed by atoms with van der Waals surface area (Å²) in [5, 5.41) is 0. The van der Waals surface area contributed by atoms with E-state index in [1.807, 2.05) is 12.1 Å². The van der Waals surface area contributed by atoms with Gasteiger partial charge in [0.15, 0.2) is 0 Å². The topological polar surface area (TPSA) is 45.7 Å². The summed E-state index contributed by atoms with van der Waals surface area (Å²) in [6.45, 7) is 7.22. The molecule has 1 spiro atoms. The molecule has 0 N–H and O–H groups in total. The lowest BCUT2D eigenvalue weighted by atomic mass is 9.79. The maximum Gasteiger partial charge on any atom is 0.227 e. The van der Waals surface area contributed by atoms with E-state index in [-0.39, 0.29) is 5.91 Å². The van der Waals surface area contributed by atoms with Crippen LogP contribution in [0.2, 0.25) is 0 Å². The minimum Gasteiger partial charge on any atom is -0.381 e. The van der Waals surface area contributed by atoms with Crippen molar-refractivity contribution in [2.24, 2.45) is 11.3 Å². The molecule has 0 aromatic carbocycles. The maximum atomic E-state index is 12.7. The lowest BCUT2D eigenvalue weighted by Gasteiger charge is -2.40. The first-order valence-corrected chi connectivity index (χ1v) is 9.69. The number of piperidine rings is 1. The van der Waals surface area contributed by atoms with Crippen molar-refractivity contribution in [2.75, 3.05) is 45.9 Å². The summed E-state index contributed by atoms with van der Waals surface area (Å²) in [6.07, 6.45) is 8.88. The fourth-order valence-electron chi connectivity index (χ4n) is 4.82. The van der Waals surface area contributed by atoms with Crippen LogP contribution < -0.4 is 0 Å². The van der Waals surface area contributed by atoms with Gasteiger partial charge in [-0.2, -0.15) is 0 Å². The molecule has 0 saturated carbocycles. The highest BCUT2D eigenvalue weighted by Crippen LogP contribution is 2.39. The molecule has 4 heterocycles. The second-order valence-corrected chi connectivity index (χ2v) is 8.17. The van der Waals surface area contributed by atoms with Crippen LogP contribution in [0, 0.1) is 11.3 Å². The Bertz CT molecular complexity index is 588. The molecule has 4 rings (SSSR count). The second kappa shape index (κ2) is 7.42. The first-order chi connectivity index (χ1) is 12.2. The number of amides is 1. The first kappa shape index (κ1) is 17.0. The molecule has 0 aliphatic carbocycles. The molecular weight excluding hydrogens is 314 g/mol. The van der Waals surface area contributed by atoms with Gasteiger partial charge in [-0.05, 0) is 49.8 Å². The fraction of sp³-hybridized carbons (Fsp3) is 0.700. The third-order valence-electron chi connectivity index (χ3n) is 6.15. The smallest absolute Gasteiger partial charge is 0.227 e. The Morgan fingerprint density at radius 3 is 3.08 bits per heavy atom. The molecule has 3 aliphatic heterocycles. The number of nitrogens with zero attached hydrogens (tertiary/aromatic N) is 3. The number of hydrogen-bond donors (Lipinski definition) is 0. The van der Waals surface area contributed by atoms with Gasteiger partial charge in [0.25, 0.3) is 0 Å². The highest BCUT2D eigenvalue weighted by molar-refractivity contribution is 5.78. The molecule has 2 atom stereocenters. The van der Waals surface area contributed by atoms with Crippen molar-refractivity contribution in [3.05, 3.63) is 30.1 Å². The van der Waals surface area contributed by atoms with E-state index in [1.54, 1.807) is 12.4 Å². The Morgan fingerprint density at radius 2 is 2.28 bits per heavy atom. The Hall–Kier alpha value is -1.46. The van der Waals surface area contributed by atoms with Gasteiger partial charge in [-0.3, -0.25) is 9.78 Å². The van der Waals surface area contributed by atoms with Crippen molar-refractivity contribution in [1.29, 1.82) is 0 Å². The molecule has 3 aliphatic rings. The van der Waals surface area contributed by atoms with Gasteiger partial charge in [-0.1, -0.05) is 6.07 Å². The summed E-state index contributed by atoms with van der Waals surface area (Å²) in [5.41, 5.74) is 1.34. The molecule has 5 heteroatoms. The van der Waals surface area contributed by atoms with Crippen molar-refractivity contribution >= 4 is 5.91 Å². The molecule has 0 unspecified atom stereocenters. The van der Waals surface area contributed by atoms with Crippen LogP contribution in [0.15, 0.2) is 24.5 Å². The minimum absolute atomic E-state index is 0.259. The molecule has 1 amide bonds. The van der Waals surface area contributed by atoms with Gasteiger partial charge in [-0.25, -0.2) is 0 Å². The van der Waals surface area contributed by atoms with E-state index < -0.39 is 0 Å². The minimum atomic E-state index is 0.259. The van der Waals surface area contributed by atoms with Crippen molar-refractivity contribution in [1.82, 2.24) is 14.8 Å². The summed E-state index contributed by atoms with van der Waals surface area (Å²) >= 11 is 0. The van der Waals surface area contributed by atoms with Crippen LogP contribution in [0.3, 0.4) is 0 Å².